The first-order valence-corrected chi connectivity index (χ1v) is 6.05. The molecule has 1 aromatic heterocycles. The molecule has 0 bridgehead atoms. The highest BCUT2D eigenvalue weighted by molar-refractivity contribution is 5.66. The fourth-order valence-electron chi connectivity index (χ4n) is 1.92. The Kier molecular flexibility index (Phi) is 3.76. The van der Waals surface area contributed by atoms with Crippen molar-refractivity contribution in [2.45, 2.75) is 19.9 Å². The van der Waals surface area contributed by atoms with Gasteiger partial charge in [0.1, 0.15) is 23.3 Å². The van der Waals surface area contributed by atoms with Crippen LogP contribution >= 0.6 is 0 Å². The summed E-state index contributed by atoms with van der Waals surface area (Å²) in [5, 5.41) is 12.4. The molecule has 0 spiro atoms. The topological polar surface area (TPSA) is 58.2 Å². The van der Waals surface area contributed by atoms with Gasteiger partial charge in [-0.15, -0.1) is 0 Å². The highest BCUT2D eigenvalue weighted by atomic mass is 16.5. The Hall–Kier alpha value is -2.41. The van der Waals surface area contributed by atoms with E-state index in [2.05, 4.69) is 11.4 Å². The summed E-state index contributed by atoms with van der Waals surface area (Å²) in [5.41, 5.74) is 1.24. The van der Waals surface area contributed by atoms with Crippen LogP contribution in [0.25, 0.3) is 0 Å². The molecule has 0 amide bonds. The smallest absolute Gasteiger partial charge is 0.143 e. The number of anilines is 1. The summed E-state index contributed by atoms with van der Waals surface area (Å²) in [6.07, 6.45) is 0. The largest absolute Gasteiger partial charge is 0.495 e. The number of ether oxygens (including phenoxy) is 1. The number of benzene rings is 1. The Morgan fingerprint density at radius 1 is 1.32 bits per heavy atom. The van der Waals surface area contributed by atoms with Gasteiger partial charge in [-0.3, -0.25) is 0 Å². The van der Waals surface area contributed by atoms with Gasteiger partial charge in [0, 0.05) is 0 Å². The van der Waals surface area contributed by atoms with E-state index in [-0.39, 0.29) is 6.04 Å². The van der Waals surface area contributed by atoms with Crippen molar-refractivity contribution in [3.8, 4) is 11.8 Å². The average molecular weight is 256 g/mol. The number of aryl methyl sites for hydroxylation is 1. The van der Waals surface area contributed by atoms with Crippen LogP contribution in [0.1, 0.15) is 30.0 Å². The van der Waals surface area contributed by atoms with Gasteiger partial charge in [-0.25, -0.2) is 0 Å². The summed E-state index contributed by atoms with van der Waals surface area (Å²) in [6.45, 7) is 3.88. The first kappa shape index (κ1) is 13.0. The average Bonchev–Trinajstić information content (AvgIpc) is 2.85. The molecule has 0 saturated heterocycles. The molecule has 1 heterocycles. The normalized spacial score (nSPS) is 11.7. The van der Waals surface area contributed by atoms with E-state index < -0.39 is 0 Å². The van der Waals surface area contributed by atoms with Gasteiger partial charge in [-0.05, 0) is 38.1 Å². The molecular weight excluding hydrogens is 240 g/mol. The van der Waals surface area contributed by atoms with E-state index in [0.29, 0.717) is 17.0 Å². The van der Waals surface area contributed by atoms with Gasteiger partial charge in [0.2, 0.25) is 0 Å². The van der Waals surface area contributed by atoms with E-state index >= 15 is 0 Å². The predicted octanol–water partition coefficient (Wildman–Crippen LogP) is 3.64. The fourth-order valence-corrected chi connectivity index (χ4v) is 1.92. The summed E-state index contributed by atoms with van der Waals surface area (Å²) >= 11 is 0. The Morgan fingerprint density at radius 2 is 2.11 bits per heavy atom. The number of hydrogen-bond acceptors (Lipinski definition) is 4. The van der Waals surface area contributed by atoms with E-state index in [1.807, 2.05) is 32.0 Å². The number of hydrogen-bond donors (Lipinski definition) is 1. The second-order valence-corrected chi connectivity index (χ2v) is 4.31. The lowest BCUT2D eigenvalue weighted by Gasteiger charge is -2.17. The Balaban J connectivity index is 2.30. The van der Waals surface area contributed by atoms with Gasteiger partial charge in [0.25, 0.3) is 0 Å². The van der Waals surface area contributed by atoms with E-state index in [0.717, 1.165) is 11.5 Å². The third-order valence-corrected chi connectivity index (χ3v) is 2.92. The van der Waals surface area contributed by atoms with Gasteiger partial charge in [0.05, 0.1) is 24.4 Å². The molecule has 0 aliphatic rings. The number of methoxy groups -OCH3 is 1. The van der Waals surface area contributed by atoms with Crippen LogP contribution in [-0.2, 0) is 0 Å². The second-order valence-electron chi connectivity index (χ2n) is 4.31. The molecule has 0 aliphatic carbocycles. The van der Waals surface area contributed by atoms with Crippen LogP contribution in [0.3, 0.4) is 0 Å². The molecule has 1 unspecified atom stereocenters. The molecule has 0 fully saturated rings. The molecule has 2 aromatic rings. The molecule has 2 rings (SSSR count). The quantitative estimate of drug-likeness (QED) is 0.907. The number of nitrogens with one attached hydrogen (secondary N) is 1. The third kappa shape index (κ3) is 2.71. The summed E-state index contributed by atoms with van der Waals surface area (Å²) in [4.78, 5) is 0. The minimum absolute atomic E-state index is 0.0444. The number of nitrogens with zero attached hydrogens (tertiary/aromatic N) is 1. The molecule has 1 aromatic carbocycles. The van der Waals surface area contributed by atoms with Crippen LogP contribution in [0.2, 0.25) is 0 Å². The molecule has 4 heteroatoms. The van der Waals surface area contributed by atoms with Crippen LogP contribution in [0, 0.1) is 18.3 Å². The standard InChI is InChI=1S/C15H16N2O2/c1-10-7-8-13(19-10)11(2)17-15-12(9-16)5-4-6-14(15)18-3/h4-8,11,17H,1-3H3. The molecule has 0 saturated carbocycles. The lowest BCUT2D eigenvalue weighted by atomic mass is 10.1. The molecule has 1 atom stereocenters. The number of nitriles is 1. The maximum absolute atomic E-state index is 9.16. The number of para-hydroxylation sites is 1. The molecule has 19 heavy (non-hydrogen) atoms. The second kappa shape index (κ2) is 5.49. The molecule has 0 aliphatic heterocycles. The van der Waals surface area contributed by atoms with E-state index in [4.69, 9.17) is 14.4 Å². The maximum Gasteiger partial charge on any atom is 0.143 e. The molecular formula is C15H16N2O2. The Bertz CT molecular complexity index is 611. The van der Waals surface area contributed by atoms with Gasteiger partial charge in [-0.1, -0.05) is 6.07 Å². The lowest BCUT2D eigenvalue weighted by Crippen LogP contribution is -2.08. The summed E-state index contributed by atoms with van der Waals surface area (Å²) in [6, 6.07) is 11.3. The Labute approximate surface area is 112 Å². The minimum atomic E-state index is -0.0444. The predicted molar refractivity (Wildman–Crippen MR) is 73.2 cm³/mol. The van der Waals surface area contributed by atoms with E-state index in [1.165, 1.54) is 0 Å². The van der Waals surface area contributed by atoms with Gasteiger partial charge < -0.3 is 14.5 Å². The first-order valence-electron chi connectivity index (χ1n) is 6.05. The van der Waals surface area contributed by atoms with Crippen molar-refractivity contribution in [3.63, 3.8) is 0 Å². The van der Waals surface area contributed by atoms with Gasteiger partial charge in [-0.2, -0.15) is 5.26 Å². The first-order chi connectivity index (χ1) is 9.15. The van der Waals surface area contributed by atoms with E-state index in [9.17, 15) is 0 Å². The van der Waals surface area contributed by atoms with Crippen LogP contribution in [0.5, 0.6) is 5.75 Å². The number of furan rings is 1. The molecule has 4 nitrogen and oxygen atoms in total. The molecule has 98 valence electrons. The number of rotatable bonds is 4. The van der Waals surface area contributed by atoms with Crippen molar-refractivity contribution in [3.05, 3.63) is 47.4 Å². The zero-order valence-corrected chi connectivity index (χ0v) is 11.2. The molecule has 1 N–H and O–H groups in total. The summed E-state index contributed by atoms with van der Waals surface area (Å²) in [5.74, 6) is 2.34. The summed E-state index contributed by atoms with van der Waals surface area (Å²) < 4.78 is 10.9. The van der Waals surface area contributed by atoms with Crippen LogP contribution < -0.4 is 10.1 Å². The van der Waals surface area contributed by atoms with Crippen molar-refractivity contribution in [2.75, 3.05) is 12.4 Å². The zero-order chi connectivity index (χ0) is 13.8. The fraction of sp³-hybridized carbons (Fsp3) is 0.267. The van der Waals surface area contributed by atoms with Crippen LogP contribution in [0.15, 0.2) is 34.7 Å². The van der Waals surface area contributed by atoms with Crippen molar-refractivity contribution in [1.82, 2.24) is 0 Å². The monoisotopic (exact) mass is 256 g/mol. The highest BCUT2D eigenvalue weighted by Gasteiger charge is 2.14. The Morgan fingerprint density at radius 3 is 2.68 bits per heavy atom. The van der Waals surface area contributed by atoms with Crippen molar-refractivity contribution in [1.29, 1.82) is 5.26 Å². The minimum Gasteiger partial charge on any atom is -0.495 e. The van der Waals surface area contributed by atoms with Crippen LogP contribution in [-0.4, -0.2) is 7.11 Å². The SMILES string of the molecule is COc1cccc(C#N)c1NC(C)c1ccc(C)o1. The lowest BCUT2D eigenvalue weighted by molar-refractivity contribution is 0.415. The summed E-state index contributed by atoms with van der Waals surface area (Å²) in [7, 11) is 1.59. The zero-order valence-electron chi connectivity index (χ0n) is 11.2. The molecule has 0 radical (unpaired) electrons. The third-order valence-electron chi connectivity index (χ3n) is 2.92. The van der Waals surface area contributed by atoms with E-state index in [1.54, 1.807) is 19.2 Å². The van der Waals surface area contributed by atoms with Gasteiger partial charge in [0.15, 0.2) is 0 Å². The highest BCUT2D eigenvalue weighted by Crippen LogP contribution is 2.31. The van der Waals surface area contributed by atoms with Crippen molar-refractivity contribution >= 4 is 5.69 Å². The van der Waals surface area contributed by atoms with Crippen LogP contribution in [0.4, 0.5) is 5.69 Å². The maximum atomic E-state index is 9.16. The van der Waals surface area contributed by atoms with Crippen molar-refractivity contribution < 1.29 is 9.15 Å². The van der Waals surface area contributed by atoms with Gasteiger partial charge >= 0.3 is 0 Å². The van der Waals surface area contributed by atoms with Crippen molar-refractivity contribution in [2.24, 2.45) is 0 Å².